The van der Waals surface area contributed by atoms with Crippen molar-refractivity contribution in [2.24, 2.45) is 5.73 Å². The summed E-state index contributed by atoms with van der Waals surface area (Å²) in [5, 5.41) is 21.2. The Hall–Kier alpha value is -3.00. The first kappa shape index (κ1) is 20.3. The average Bonchev–Trinajstić information content (AvgIpc) is 3.22. The second-order valence-electron chi connectivity index (χ2n) is 7.54. The molecule has 2 aromatic rings. The topological polar surface area (TPSA) is 126 Å². The van der Waals surface area contributed by atoms with E-state index in [1.165, 1.54) is 17.9 Å². The number of hydrogen-bond donors (Lipinski definition) is 3. The number of benzene rings is 1. The van der Waals surface area contributed by atoms with E-state index in [0.29, 0.717) is 17.0 Å². The van der Waals surface area contributed by atoms with E-state index in [2.05, 4.69) is 16.8 Å². The lowest BCUT2D eigenvalue weighted by molar-refractivity contribution is -0.137. The maximum absolute atomic E-state index is 14.7. The van der Waals surface area contributed by atoms with Gasteiger partial charge in [-0.05, 0) is 13.0 Å². The molecular formula is C20H18FN3O5S. The fourth-order valence-electron chi connectivity index (χ4n) is 3.35. The molecule has 8 nitrogen and oxygen atoms in total. The smallest absolute Gasteiger partial charge is 0.277 e. The number of nitrogens with two attached hydrogens (primary N) is 1. The van der Waals surface area contributed by atoms with Gasteiger partial charge in [-0.2, -0.15) is 0 Å². The first-order chi connectivity index (χ1) is 14.0. The van der Waals surface area contributed by atoms with Crippen LogP contribution in [-0.4, -0.2) is 57.7 Å². The van der Waals surface area contributed by atoms with E-state index in [4.69, 9.17) is 10.5 Å². The molecule has 1 aromatic carbocycles. The molecule has 2 amide bonds. The predicted molar refractivity (Wildman–Crippen MR) is 105 cm³/mol. The van der Waals surface area contributed by atoms with E-state index < -0.39 is 28.8 Å². The van der Waals surface area contributed by atoms with Crippen molar-refractivity contribution >= 4 is 23.2 Å². The minimum atomic E-state index is -1.88. The number of likely N-dealkylation sites (N-methyl/N-ethyl adjacent to an activating group) is 1. The highest BCUT2D eigenvalue weighted by Crippen LogP contribution is 2.44. The zero-order chi connectivity index (χ0) is 21.8. The number of aliphatic hydroxyl groups is 2. The number of likely N-dealkylation sites (tertiary alicyclic amines) is 1. The molecule has 0 saturated carbocycles. The number of rotatable bonds is 1. The molecule has 4 N–H and O–H groups in total. The third kappa shape index (κ3) is 3.21. The summed E-state index contributed by atoms with van der Waals surface area (Å²) in [6.45, 7) is 1.66. The molecule has 0 bridgehead atoms. The van der Waals surface area contributed by atoms with Gasteiger partial charge in [-0.25, -0.2) is 9.37 Å². The van der Waals surface area contributed by atoms with Crippen LogP contribution in [-0.2, 0) is 10.4 Å². The van der Waals surface area contributed by atoms with Gasteiger partial charge in [0.1, 0.15) is 23.8 Å². The summed E-state index contributed by atoms with van der Waals surface area (Å²) in [5.41, 5.74) is 2.45. The maximum Gasteiger partial charge on any atom is 0.277 e. The van der Waals surface area contributed by atoms with Crippen molar-refractivity contribution in [1.29, 1.82) is 0 Å². The third-order valence-electron chi connectivity index (χ3n) is 5.07. The maximum atomic E-state index is 14.7. The normalized spacial score (nSPS) is 25.0. The zero-order valence-corrected chi connectivity index (χ0v) is 17.0. The summed E-state index contributed by atoms with van der Waals surface area (Å²) in [5.74, 6) is 3.11. The Bertz CT molecular complexity index is 1150. The Balaban J connectivity index is 1.84. The lowest BCUT2D eigenvalue weighted by Crippen LogP contribution is -2.37. The predicted octanol–water partition coefficient (Wildman–Crippen LogP) is 0.593. The lowest BCUT2D eigenvalue weighted by atomic mass is 9.99. The van der Waals surface area contributed by atoms with Crippen LogP contribution in [0.2, 0.25) is 0 Å². The van der Waals surface area contributed by atoms with Gasteiger partial charge in [-0.1, -0.05) is 11.8 Å². The Morgan fingerprint density at radius 3 is 2.80 bits per heavy atom. The highest BCUT2D eigenvalue weighted by atomic mass is 32.1. The van der Waals surface area contributed by atoms with E-state index in [-0.39, 0.29) is 35.0 Å². The average molecular weight is 431 g/mol. The number of primary amides is 1. The molecule has 10 heteroatoms. The molecule has 1 saturated heterocycles. The largest absolute Gasteiger partial charge is 0.489 e. The molecule has 1 fully saturated rings. The third-order valence-corrected chi connectivity index (χ3v) is 6.40. The number of fused-ring (bicyclic) bond motifs is 3. The lowest BCUT2D eigenvalue weighted by Gasteiger charge is -2.19. The van der Waals surface area contributed by atoms with Crippen molar-refractivity contribution in [1.82, 2.24) is 9.88 Å². The molecule has 2 aliphatic heterocycles. The number of hydrogen-bond acceptors (Lipinski definition) is 7. The van der Waals surface area contributed by atoms with Crippen LogP contribution < -0.4 is 10.5 Å². The molecule has 3 heterocycles. The van der Waals surface area contributed by atoms with Crippen LogP contribution in [0.15, 0.2) is 12.1 Å². The number of halogens is 1. The van der Waals surface area contributed by atoms with Crippen LogP contribution in [0.1, 0.15) is 33.6 Å². The van der Waals surface area contributed by atoms with Crippen molar-refractivity contribution in [3.63, 3.8) is 0 Å². The summed E-state index contributed by atoms with van der Waals surface area (Å²) in [4.78, 5) is 29.6. The van der Waals surface area contributed by atoms with E-state index in [1.54, 1.807) is 7.05 Å². The molecule has 30 heavy (non-hydrogen) atoms. The van der Waals surface area contributed by atoms with Gasteiger partial charge in [0.15, 0.2) is 5.01 Å². The van der Waals surface area contributed by atoms with Gasteiger partial charge in [0.2, 0.25) is 5.60 Å². The van der Waals surface area contributed by atoms with Crippen molar-refractivity contribution in [3.05, 3.63) is 33.4 Å². The van der Waals surface area contributed by atoms with E-state index >= 15 is 0 Å². The summed E-state index contributed by atoms with van der Waals surface area (Å²) in [6, 6.07) is 2.45. The number of thiazole rings is 1. The molecule has 0 spiro atoms. The Morgan fingerprint density at radius 1 is 1.43 bits per heavy atom. The molecule has 0 unspecified atom stereocenters. The number of aromatic nitrogens is 1. The highest BCUT2D eigenvalue weighted by molar-refractivity contribution is 7.14. The van der Waals surface area contributed by atoms with Gasteiger partial charge < -0.3 is 25.6 Å². The Kier molecular flexibility index (Phi) is 4.58. The molecule has 4 rings (SSSR count). The van der Waals surface area contributed by atoms with E-state index in [1.807, 2.05) is 0 Å². The van der Waals surface area contributed by atoms with Gasteiger partial charge in [0.25, 0.3) is 11.8 Å². The minimum Gasteiger partial charge on any atom is -0.489 e. The van der Waals surface area contributed by atoms with E-state index in [9.17, 15) is 24.2 Å². The number of ether oxygens (including phenoxy) is 1. The fourth-order valence-corrected chi connectivity index (χ4v) is 4.31. The molecule has 0 aliphatic carbocycles. The standard InChI is InChI=1S/C20H18FN3O5S/c1-19(27)9-29-13-8-12(21)10(3-4-20(28)5-6-24(2)18(20)26)7-11(13)14-15(19)30-17(23-14)16(22)25/h7-8,27-28H,5-6,9H2,1-2H3,(H2,22,25)/t19-,20+/m1/s1. The van der Waals surface area contributed by atoms with Crippen LogP contribution in [0.4, 0.5) is 4.39 Å². The SMILES string of the molecule is CN1CC[C@@](O)(C#Cc2cc3c(cc2F)OC[C@@](C)(O)c2sc(C(N)=O)nc2-3)C1=O. The van der Waals surface area contributed by atoms with Crippen LogP contribution in [0.3, 0.4) is 0 Å². The fraction of sp³-hybridized carbons (Fsp3) is 0.350. The van der Waals surface area contributed by atoms with Crippen molar-refractivity contribution < 1.29 is 28.9 Å². The quantitative estimate of drug-likeness (QED) is 0.568. The molecule has 156 valence electrons. The van der Waals surface area contributed by atoms with Crippen molar-refractivity contribution in [3.8, 4) is 28.8 Å². The molecule has 2 atom stereocenters. The Labute approximate surface area is 175 Å². The first-order valence-corrected chi connectivity index (χ1v) is 9.85. The van der Waals surface area contributed by atoms with E-state index in [0.717, 1.165) is 17.4 Å². The second kappa shape index (κ2) is 6.77. The monoisotopic (exact) mass is 431 g/mol. The first-order valence-electron chi connectivity index (χ1n) is 9.03. The molecule has 2 aliphatic rings. The van der Waals surface area contributed by atoms with Crippen molar-refractivity contribution in [2.75, 3.05) is 20.2 Å². The summed E-state index contributed by atoms with van der Waals surface area (Å²) >= 11 is 0.935. The number of carbonyl (C=O) groups is 2. The molecular weight excluding hydrogens is 413 g/mol. The van der Waals surface area contributed by atoms with Gasteiger partial charge >= 0.3 is 0 Å². The summed E-state index contributed by atoms with van der Waals surface area (Å²) < 4.78 is 20.2. The van der Waals surface area contributed by atoms with Crippen molar-refractivity contribution in [2.45, 2.75) is 24.5 Å². The van der Waals surface area contributed by atoms with Gasteiger partial charge in [-0.15, -0.1) is 11.3 Å². The van der Waals surface area contributed by atoms with Gasteiger partial charge in [0.05, 0.1) is 16.1 Å². The van der Waals surface area contributed by atoms with Crippen LogP contribution in [0.25, 0.3) is 11.3 Å². The second-order valence-corrected chi connectivity index (χ2v) is 8.54. The molecule has 1 aromatic heterocycles. The number of carbonyl (C=O) groups excluding carboxylic acids is 2. The van der Waals surface area contributed by atoms with Crippen LogP contribution >= 0.6 is 11.3 Å². The van der Waals surface area contributed by atoms with Crippen LogP contribution in [0.5, 0.6) is 5.75 Å². The summed E-state index contributed by atoms with van der Waals surface area (Å²) in [6.07, 6.45) is 0.117. The minimum absolute atomic E-state index is 0.000940. The number of nitrogens with zero attached hydrogens (tertiary/aromatic N) is 2. The highest BCUT2D eigenvalue weighted by Gasteiger charge is 2.42. The number of amides is 2. The Morgan fingerprint density at radius 2 is 2.17 bits per heavy atom. The zero-order valence-electron chi connectivity index (χ0n) is 16.2. The van der Waals surface area contributed by atoms with Crippen LogP contribution in [0, 0.1) is 17.7 Å². The summed E-state index contributed by atoms with van der Waals surface area (Å²) in [7, 11) is 1.55. The van der Waals surface area contributed by atoms with Gasteiger partial charge in [-0.3, -0.25) is 9.59 Å². The molecule has 0 radical (unpaired) electrons. The van der Waals surface area contributed by atoms with Gasteiger partial charge in [0, 0.05) is 31.6 Å².